The second-order valence-electron chi connectivity index (χ2n) is 8.75. The largest absolute Gasteiger partial charge is 0.489 e. The fraction of sp³-hybridized carbons (Fsp3) is 0.476. The number of alkyl carbamates (subject to hydrolysis) is 1. The normalized spacial score (nSPS) is 14.0. The lowest BCUT2D eigenvalue weighted by Gasteiger charge is -2.28. The summed E-state index contributed by atoms with van der Waals surface area (Å²) in [6, 6.07) is 3.66. The molecule has 0 radical (unpaired) electrons. The molecule has 0 aliphatic carbocycles. The van der Waals surface area contributed by atoms with Crippen molar-refractivity contribution >= 4 is 12.0 Å². The van der Waals surface area contributed by atoms with Gasteiger partial charge in [0.05, 0.1) is 23.0 Å². The number of amides is 2. The number of nitrogens with one attached hydrogen (secondary N) is 3. The summed E-state index contributed by atoms with van der Waals surface area (Å²) in [5.74, 6) is 0.485. The van der Waals surface area contributed by atoms with Gasteiger partial charge in [0.1, 0.15) is 18.0 Å². The molecule has 1 aliphatic rings. The molecule has 29 heavy (non-hydrogen) atoms. The van der Waals surface area contributed by atoms with Crippen LogP contribution in [0.5, 0.6) is 5.75 Å². The van der Waals surface area contributed by atoms with E-state index in [-0.39, 0.29) is 12.5 Å². The van der Waals surface area contributed by atoms with Crippen LogP contribution in [0, 0.1) is 0 Å². The van der Waals surface area contributed by atoms with Crippen molar-refractivity contribution in [2.24, 2.45) is 0 Å². The minimum Gasteiger partial charge on any atom is -0.489 e. The van der Waals surface area contributed by atoms with Crippen LogP contribution >= 0.6 is 0 Å². The van der Waals surface area contributed by atoms with E-state index in [9.17, 15) is 9.59 Å². The maximum atomic E-state index is 12.1. The van der Waals surface area contributed by atoms with E-state index in [1.54, 1.807) is 12.4 Å². The van der Waals surface area contributed by atoms with Gasteiger partial charge in [0.25, 0.3) is 5.91 Å². The van der Waals surface area contributed by atoms with Gasteiger partial charge in [0.15, 0.2) is 0 Å². The molecule has 3 heterocycles. The number of rotatable bonds is 5. The Balaban J connectivity index is 1.73. The number of hydrogen-bond acceptors (Lipinski definition) is 5. The second kappa shape index (κ2) is 7.77. The fourth-order valence-electron chi connectivity index (χ4n) is 3.03. The monoisotopic (exact) mass is 400 g/mol. The Labute approximate surface area is 170 Å². The van der Waals surface area contributed by atoms with Gasteiger partial charge < -0.3 is 25.1 Å². The molecule has 1 aliphatic heterocycles. The summed E-state index contributed by atoms with van der Waals surface area (Å²) < 4.78 is 11.3. The third-order valence-corrected chi connectivity index (χ3v) is 4.31. The summed E-state index contributed by atoms with van der Waals surface area (Å²) in [6.45, 7) is 9.98. The van der Waals surface area contributed by atoms with E-state index in [4.69, 9.17) is 9.47 Å². The predicted octanol–water partition coefficient (Wildman–Crippen LogP) is 3.04. The van der Waals surface area contributed by atoms with Crippen molar-refractivity contribution in [3.63, 3.8) is 0 Å². The summed E-state index contributed by atoms with van der Waals surface area (Å²) >= 11 is 0. The van der Waals surface area contributed by atoms with Gasteiger partial charge in [-0.1, -0.05) is 0 Å². The SMILES string of the molecule is CC(C)(COc1cnccc1-c1cc2c([nH]1)CCNC2=O)NC(=O)OC(C)(C)C. The Hall–Kier alpha value is -3.03. The van der Waals surface area contributed by atoms with E-state index in [0.717, 1.165) is 23.4 Å². The van der Waals surface area contributed by atoms with Crippen LogP contribution in [0.2, 0.25) is 0 Å². The number of nitrogens with zero attached hydrogens (tertiary/aromatic N) is 1. The molecule has 2 aromatic rings. The average molecular weight is 400 g/mol. The van der Waals surface area contributed by atoms with Crippen LogP contribution in [-0.2, 0) is 11.2 Å². The molecule has 0 aromatic carbocycles. The van der Waals surface area contributed by atoms with Gasteiger partial charge in [-0.3, -0.25) is 9.78 Å². The zero-order chi connectivity index (χ0) is 21.2. The highest BCUT2D eigenvalue weighted by molar-refractivity contribution is 5.98. The third-order valence-electron chi connectivity index (χ3n) is 4.31. The summed E-state index contributed by atoms with van der Waals surface area (Å²) in [4.78, 5) is 31.6. The van der Waals surface area contributed by atoms with Crippen LogP contribution in [-0.4, -0.2) is 46.3 Å². The van der Waals surface area contributed by atoms with Crippen molar-refractivity contribution in [3.05, 3.63) is 35.8 Å². The topological polar surface area (TPSA) is 105 Å². The summed E-state index contributed by atoms with van der Waals surface area (Å²) in [5.41, 5.74) is 1.93. The van der Waals surface area contributed by atoms with E-state index < -0.39 is 17.2 Å². The first-order chi connectivity index (χ1) is 13.5. The van der Waals surface area contributed by atoms with E-state index in [2.05, 4.69) is 20.6 Å². The van der Waals surface area contributed by atoms with Gasteiger partial charge in [-0.15, -0.1) is 0 Å². The first-order valence-corrected chi connectivity index (χ1v) is 9.62. The molecule has 0 fully saturated rings. The number of carbonyl (C=O) groups excluding carboxylic acids is 2. The number of carbonyl (C=O) groups is 2. The second-order valence-corrected chi connectivity index (χ2v) is 8.75. The first kappa shape index (κ1) is 20.7. The Bertz CT molecular complexity index is 912. The lowest BCUT2D eigenvalue weighted by molar-refractivity contribution is 0.0441. The molecule has 156 valence electrons. The number of fused-ring (bicyclic) bond motifs is 1. The highest BCUT2D eigenvalue weighted by Gasteiger charge is 2.26. The Morgan fingerprint density at radius 3 is 2.69 bits per heavy atom. The fourth-order valence-corrected chi connectivity index (χ4v) is 3.03. The standard InChI is InChI=1S/C21H28N4O4/c1-20(2,3)29-19(27)25-21(4,5)12-28-17-11-22-8-6-13(17)16-10-14-15(24-16)7-9-23-18(14)26/h6,8,10-11,24H,7,9,12H2,1-5H3,(H,23,26)(H,25,27). The summed E-state index contributed by atoms with van der Waals surface area (Å²) in [6.07, 6.45) is 3.56. The molecule has 8 nitrogen and oxygen atoms in total. The number of hydrogen-bond donors (Lipinski definition) is 3. The Morgan fingerprint density at radius 2 is 2.00 bits per heavy atom. The van der Waals surface area contributed by atoms with Crippen LogP contribution in [0.15, 0.2) is 24.5 Å². The maximum Gasteiger partial charge on any atom is 0.408 e. The Morgan fingerprint density at radius 1 is 1.24 bits per heavy atom. The maximum absolute atomic E-state index is 12.1. The van der Waals surface area contributed by atoms with Gasteiger partial charge in [0, 0.05) is 30.4 Å². The van der Waals surface area contributed by atoms with Crippen LogP contribution in [0.4, 0.5) is 4.79 Å². The smallest absolute Gasteiger partial charge is 0.408 e. The van der Waals surface area contributed by atoms with Gasteiger partial charge in [-0.05, 0) is 46.8 Å². The molecule has 0 spiro atoms. The summed E-state index contributed by atoms with van der Waals surface area (Å²) in [5, 5.41) is 5.66. The molecule has 0 saturated carbocycles. The molecular weight excluding hydrogens is 372 g/mol. The number of aromatic nitrogens is 2. The summed E-state index contributed by atoms with van der Waals surface area (Å²) in [7, 11) is 0. The van der Waals surface area contributed by atoms with Crippen molar-refractivity contribution < 1.29 is 19.1 Å². The highest BCUT2D eigenvalue weighted by Crippen LogP contribution is 2.31. The van der Waals surface area contributed by atoms with Crippen molar-refractivity contribution in [1.29, 1.82) is 0 Å². The molecule has 0 bridgehead atoms. The minimum absolute atomic E-state index is 0.0760. The molecule has 0 atom stereocenters. The highest BCUT2D eigenvalue weighted by atomic mass is 16.6. The Kier molecular flexibility index (Phi) is 5.55. The van der Waals surface area contributed by atoms with Crippen LogP contribution in [0.25, 0.3) is 11.3 Å². The van der Waals surface area contributed by atoms with Gasteiger partial charge >= 0.3 is 6.09 Å². The van der Waals surface area contributed by atoms with Crippen molar-refractivity contribution in [2.45, 2.75) is 52.2 Å². The van der Waals surface area contributed by atoms with E-state index in [1.807, 2.05) is 46.8 Å². The number of pyridine rings is 1. The predicted molar refractivity (Wildman–Crippen MR) is 109 cm³/mol. The average Bonchev–Trinajstić information content (AvgIpc) is 3.03. The van der Waals surface area contributed by atoms with E-state index >= 15 is 0 Å². The van der Waals surface area contributed by atoms with Crippen molar-refractivity contribution in [1.82, 2.24) is 20.6 Å². The zero-order valence-corrected chi connectivity index (χ0v) is 17.5. The molecule has 0 saturated heterocycles. The van der Waals surface area contributed by atoms with Crippen LogP contribution < -0.4 is 15.4 Å². The zero-order valence-electron chi connectivity index (χ0n) is 17.5. The molecule has 3 rings (SSSR count). The van der Waals surface area contributed by atoms with Gasteiger partial charge in [-0.25, -0.2) is 4.79 Å². The van der Waals surface area contributed by atoms with Gasteiger partial charge in [-0.2, -0.15) is 0 Å². The quantitative estimate of drug-likeness (QED) is 0.715. The lowest BCUT2D eigenvalue weighted by atomic mass is 10.1. The molecule has 2 aromatic heterocycles. The van der Waals surface area contributed by atoms with E-state index in [1.165, 1.54) is 0 Å². The van der Waals surface area contributed by atoms with Crippen LogP contribution in [0.3, 0.4) is 0 Å². The van der Waals surface area contributed by atoms with Gasteiger partial charge in [0.2, 0.25) is 0 Å². The molecule has 8 heteroatoms. The minimum atomic E-state index is -0.662. The van der Waals surface area contributed by atoms with E-state index in [0.29, 0.717) is 17.9 Å². The van der Waals surface area contributed by atoms with Crippen molar-refractivity contribution in [3.8, 4) is 17.0 Å². The number of aromatic amines is 1. The lowest BCUT2D eigenvalue weighted by Crippen LogP contribution is -2.49. The molecule has 3 N–H and O–H groups in total. The molecule has 0 unspecified atom stereocenters. The molecular formula is C21H28N4O4. The molecule has 2 amide bonds. The first-order valence-electron chi connectivity index (χ1n) is 9.62. The number of H-pyrrole nitrogens is 1. The third kappa shape index (κ3) is 5.28. The number of ether oxygens (including phenoxy) is 2. The van der Waals surface area contributed by atoms with Crippen molar-refractivity contribution in [2.75, 3.05) is 13.2 Å². The van der Waals surface area contributed by atoms with Crippen LogP contribution in [0.1, 0.15) is 50.7 Å².